The number of unbranched alkanes of at least 4 members (excludes halogenated alkanes) is 6. The molecule has 2 nitrogen and oxygen atoms in total. The molecule has 0 aromatic heterocycles. The third-order valence-electron chi connectivity index (χ3n) is 3.97. The molecule has 2 unspecified atom stereocenters. The first-order chi connectivity index (χ1) is 8.38. The van der Waals surface area contributed by atoms with Crippen LogP contribution in [0, 0.1) is 5.92 Å². The van der Waals surface area contributed by atoms with Crippen molar-refractivity contribution in [3.63, 3.8) is 0 Å². The van der Waals surface area contributed by atoms with Crippen LogP contribution in [0.4, 0.5) is 0 Å². The van der Waals surface area contributed by atoms with Crippen LogP contribution in [0.2, 0.25) is 0 Å². The average molecular weight is 241 g/mol. The number of rotatable bonds is 10. The highest BCUT2D eigenvalue weighted by molar-refractivity contribution is 4.78. The van der Waals surface area contributed by atoms with E-state index in [-0.39, 0.29) is 0 Å². The molecule has 1 fully saturated rings. The van der Waals surface area contributed by atoms with Gasteiger partial charge in [0.1, 0.15) is 0 Å². The lowest BCUT2D eigenvalue weighted by atomic mass is 10.1. The predicted octanol–water partition coefficient (Wildman–Crippen LogP) is 3.88. The van der Waals surface area contributed by atoms with Gasteiger partial charge in [-0.25, -0.2) is 0 Å². The number of nitrogens with two attached hydrogens (primary N) is 1. The predicted molar refractivity (Wildman–Crippen MR) is 74.1 cm³/mol. The Morgan fingerprint density at radius 1 is 1.00 bits per heavy atom. The molecule has 0 heterocycles. The zero-order valence-electron chi connectivity index (χ0n) is 11.6. The van der Waals surface area contributed by atoms with E-state index in [0.29, 0.717) is 12.0 Å². The number of hydrogen-bond donors (Lipinski definition) is 1. The van der Waals surface area contributed by atoms with Gasteiger partial charge in [0.05, 0.1) is 6.10 Å². The number of ether oxygens (including phenoxy) is 1. The van der Waals surface area contributed by atoms with Crippen molar-refractivity contribution >= 4 is 0 Å². The fraction of sp³-hybridized carbons (Fsp3) is 1.00. The first-order valence-electron chi connectivity index (χ1n) is 7.70. The molecule has 17 heavy (non-hydrogen) atoms. The van der Waals surface area contributed by atoms with Crippen LogP contribution in [0.3, 0.4) is 0 Å². The largest absolute Gasteiger partial charge is 0.378 e. The lowest BCUT2D eigenvalue weighted by Gasteiger charge is -2.18. The molecular weight excluding hydrogens is 210 g/mol. The lowest BCUT2D eigenvalue weighted by Crippen LogP contribution is -2.25. The van der Waals surface area contributed by atoms with Crippen LogP contribution in [0.1, 0.15) is 71.1 Å². The van der Waals surface area contributed by atoms with E-state index >= 15 is 0 Å². The zero-order chi connectivity index (χ0) is 12.3. The summed E-state index contributed by atoms with van der Waals surface area (Å²) in [5.74, 6) is 0.638. The molecule has 0 aromatic rings. The summed E-state index contributed by atoms with van der Waals surface area (Å²) < 4.78 is 5.95. The minimum Gasteiger partial charge on any atom is -0.378 e. The van der Waals surface area contributed by atoms with Gasteiger partial charge in [0.15, 0.2) is 0 Å². The smallest absolute Gasteiger partial charge is 0.0615 e. The Morgan fingerprint density at radius 3 is 2.41 bits per heavy atom. The van der Waals surface area contributed by atoms with Crippen molar-refractivity contribution in [2.24, 2.45) is 11.7 Å². The van der Waals surface area contributed by atoms with Gasteiger partial charge in [0, 0.05) is 6.61 Å². The highest BCUT2D eigenvalue weighted by Crippen LogP contribution is 2.27. The molecule has 2 N–H and O–H groups in total. The molecule has 1 aliphatic carbocycles. The van der Waals surface area contributed by atoms with E-state index in [9.17, 15) is 0 Å². The summed E-state index contributed by atoms with van der Waals surface area (Å²) in [5, 5.41) is 0. The SMILES string of the molecule is CCCCCCCCCOC1CCCC1CN. The van der Waals surface area contributed by atoms with Crippen molar-refractivity contribution in [1.29, 1.82) is 0 Å². The van der Waals surface area contributed by atoms with Crippen LogP contribution >= 0.6 is 0 Å². The van der Waals surface area contributed by atoms with E-state index in [1.54, 1.807) is 0 Å². The second-order valence-corrected chi connectivity index (χ2v) is 5.46. The highest BCUT2D eigenvalue weighted by atomic mass is 16.5. The molecule has 0 spiro atoms. The summed E-state index contributed by atoms with van der Waals surface area (Å²) in [4.78, 5) is 0. The molecule has 0 bridgehead atoms. The first-order valence-corrected chi connectivity index (χ1v) is 7.70. The van der Waals surface area contributed by atoms with Crippen LogP contribution in [0.25, 0.3) is 0 Å². The van der Waals surface area contributed by atoms with Gasteiger partial charge < -0.3 is 10.5 Å². The molecule has 1 aliphatic rings. The van der Waals surface area contributed by atoms with E-state index in [1.165, 1.54) is 64.2 Å². The van der Waals surface area contributed by atoms with E-state index in [0.717, 1.165) is 13.2 Å². The second kappa shape index (κ2) is 9.90. The molecule has 2 atom stereocenters. The van der Waals surface area contributed by atoms with Gasteiger partial charge in [-0.1, -0.05) is 51.9 Å². The Balaban J connectivity index is 1.87. The second-order valence-electron chi connectivity index (χ2n) is 5.46. The maximum Gasteiger partial charge on any atom is 0.0615 e. The van der Waals surface area contributed by atoms with Crippen LogP contribution in [-0.4, -0.2) is 19.3 Å². The van der Waals surface area contributed by atoms with Gasteiger partial charge in [-0.15, -0.1) is 0 Å². The van der Waals surface area contributed by atoms with Crippen molar-refractivity contribution < 1.29 is 4.74 Å². The molecule has 0 amide bonds. The standard InChI is InChI=1S/C15H31NO/c1-2-3-4-5-6-7-8-12-17-15-11-9-10-14(15)13-16/h14-15H,2-13,16H2,1H3. The Bertz CT molecular complexity index is 172. The molecule has 2 heteroatoms. The Hall–Kier alpha value is -0.0800. The zero-order valence-corrected chi connectivity index (χ0v) is 11.6. The third kappa shape index (κ3) is 6.42. The van der Waals surface area contributed by atoms with Crippen LogP contribution in [-0.2, 0) is 4.74 Å². The summed E-state index contributed by atoms with van der Waals surface area (Å²) in [6.07, 6.45) is 13.8. The minimum absolute atomic E-state index is 0.472. The van der Waals surface area contributed by atoms with Crippen LogP contribution in [0.5, 0.6) is 0 Å². The molecule has 0 saturated heterocycles. The van der Waals surface area contributed by atoms with Crippen LogP contribution in [0.15, 0.2) is 0 Å². The monoisotopic (exact) mass is 241 g/mol. The maximum atomic E-state index is 5.95. The van der Waals surface area contributed by atoms with Gasteiger partial charge in [-0.2, -0.15) is 0 Å². The van der Waals surface area contributed by atoms with E-state index in [4.69, 9.17) is 10.5 Å². The number of hydrogen-bond acceptors (Lipinski definition) is 2. The van der Waals surface area contributed by atoms with Crippen LogP contribution < -0.4 is 5.73 Å². The molecule has 0 aromatic carbocycles. The van der Waals surface area contributed by atoms with Crippen molar-refractivity contribution in [3.8, 4) is 0 Å². The fourth-order valence-electron chi connectivity index (χ4n) is 2.79. The summed E-state index contributed by atoms with van der Waals surface area (Å²) in [6.45, 7) is 4.03. The normalized spacial score (nSPS) is 24.4. The van der Waals surface area contributed by atoms with Gasteiger partial charge in [-0.3, -0.25) is 0 Å². The molecular formula is C15H31NO. The lowest BCUT2D eigenvalue weighted by molar-refractivity contribution is 0.0279. The average Bonchev–Trinajstić information content (AvgIpc) is 2.80. The highest BCUT2D eigenvalue weighted by Gasteiger charge is 2.26. The first kappa shape index (κ1) is 15.0. The van der Waals surface area contributed by atoms with Crippen molar-refractivity contribution in [1.82, 2.24) is 0 Å². The fourth-order valence-corrected chi connectivity index (χ4v) is 2.79. The maximum absolute atomic E-state index is 5.95. The molecule has 0 aliphatic heterocycles. The summed E-state index contributed by atoms with van der Waals surface area (Å²) in [5.41, 5.74) is 5.74. The Kier molecular flexibility index (Phi) is 8.72. The summed E-state index contributed by atoms with van der Waals surface area (Å²) in [6, 6.07) is 0. The minimum atomic E-state index is 0.472. The third-order valence-corrected chi connectivity index (χ3v) is 3.97. The molecule has 0 radical (unpaired) electrons. The van der Waals surface area contributed by atoms with Gasteiger partial charge in [0.25, 0.3) is 0 Å². The van der Waals surface area contributed by atoms with Crippen molar-refractivity contribution in [3.05, 3.63) is 0 Å². The topological polar surface area (TPSA) is 35.2 Å². The van der Waals surface area contributed by atoms with Gasteiger partial charge in [0.2, 0.25) is 0 Å². The van der Waals surface area contributed by atoms with E-state index < -0.39 is 0 Å². The van der Waals surface area contributed by atoms with Gasteiger partial charge >= 0.3 is 0 Å². The van der Waals surface area contributed by atoms with E-state index in [2.05, 4.69) is 6.92 Å². The quantitative estimate of drug-likeness (QED) is 0.589. The molecule has 1 rings (SSSR count). The molecule has 102 valence electrons. The van der Waals surface area contributed by atoms with Crippen molar-refractivity contribution in [2.75, 3.05) is 13.2 Å². The van der Waals surface area contributed by atoms with E-state index in [1.807, 2.05) is 0 Å². The Labute approximate surface area is 107 Å². The Morgan fingerprint density at radius 2 is 1.71 bits per heavy atom. The summed E-state index contributed by atoms with van der Waals surface area (Å²) in [7, 11) is 0. The van der Waals surface area contributed by atoms with Crippen molar-refractivity contribution in [2.45, 2.75) is 77.2 Å². The molecule has 1 saturated carbocycles. The summed E-state index contributed by atoms with van der Waals surface area (Å²) >= 11 is 0. The van der Waals surface area contributed by atoms with Gasteiger partial charge in [-0.05, 0) is 31.7 Å².